The molecule has 104 valence electrons. The average molecular weight is 285 g/mol. The predicted octanol–water partition coefficient (Wildman–Crippen LogP) is 5.90. The average Bonchev–Trinajstić information content (AvgIpc) is 2.49. The molecule has 2 aromatic carbocycles. The fourth-order valence-corrected chi connectivity index (χ4v) is 4.24. The van der Waals surface area contributed by atoms with Crippen molar-refractivity contribution >= 4 is 11.6 Å². The largest absolute Gasteiger partial charge is 0.0840 e. The summed E-state index contributed by atoms with van der Waals surface area (Å²) >= 11 is 6.60. The van der Waals surface area contributed by atoms with Crippen LogP contribution in [0.1, 0.15) is 48.8 Å². The highest BCUT2D eigenvalue weighted by Gasteiger charge is 2.37. The molecule has 0 saturated heterocycles. The van der Waals surface area contributed by atoms with Gasteiger partial charge in [0.05, 0.1) is 0 Å². The van der Waals surface area contributed by atoms with Crippen LogP contribution in [0.2, 0.25) is 5.02 Å². The van der Waals surface area contributed by atoms with Crippen molar-refractivity contribution in [2.45, 2.75) is 44.4 Å². The molecule has 3 rings (SSSR count). The first kappa shape index (κ1) is 13.7. The third-order valence-electron chi connectivity index (χ3n) is 4.73. The van der Waals surface area contributed by atoms with Crippen molar-refractivity contribution in [2.75, 3.05) is 0 Å². The number of benzene rings is 2. The molecule has 0 bridgehead atoms. The molecule has 1 aliphatic carbocycles. The van der Waals surface area contributed by atoms with Crippen LogP contribution < -0.4 is 0 Å². The molecule has 0 unspecified atom stereocenters. The maximum atomic E-state index is 6.60. The smallest absolute Gasteiger partial charge is 0.0449 e. The van der Waals surface area contributed by atoms with Gasteiger partial charge in [-0.2, -0.15) is 0 Å². The molecule has 0 N–H and O–H groups in total. The summed E-state index contributed by atoms with van der Waals surface area (Å²) in [7, 11) is 0. The van der Waals surface area contributed by atoms with E-state index in [-0.39, 0.29) is 5.41 Å². The van der Waals surface area contributed by atoms with Crippen molar-refractivity contribution in [1.29, 1.82) is 0 Å². The lowest BCUT2D eigenvalue weighted by Gasteiger charge is -2.40. The Bertz CT molecular complexity index is 560. The van der Waals surface area contributed by atoms with Crippen LogP contribution in [0.4, 0.5) is 0 Å². The second-order valence-electron chi connectivity index (χ2n) is 5.94. The molecule has 0 heterocycles. The molecular formula is C19H21Cl. The monoisotopic (exact) mass is 284 g/mol. The summed E-state index contributed by atoms with van der Waals surface area (Å²) in [6, 6.07) is 17.2. The molecule has 0 aliphatic heterocycles. The van der Waals surface area contributed by atoms with E-state index in [2.05, 4.69) is 49.4 Å². The number of rotatable bonds is 2. The van der Waals surface area contributed by atoms with E-state index in [1.165, 1.54) is 48.8 Å². The van der Waals surface area contributed by atoms with E-state index in [1.807, 2.05) is 6.07 Å². The van der Waals surface area contributed by atoms with Crippen LogP contribution in [-0.4, -0.2) is 0 Å². The summed E-state index contributed by atoms with van der Waals surface area (Å²) in [5, 5.41) is 0.927. The van der Waals surface area contributed by atoms with Crippen molar-refractivity contribution in [3.8, 4) is 0 Å². The summed E-state index contributed by atoms with van der Waals surface area (Å²) < 4.78 is 0. The molecule has 0 spiro atoms. The quantitative estimate of drug-likeness (QED) is 0.644. The maximum Gasteiger partial charge on any atom is 0.0449 e. The lowest BCUT2D eigenvalue weighted by Crippen LogP contribution is -2.31. The molecule has 1 saturated carbocycles. The van der Waals surface area contributed by atoms with Gasteiger partial charge in [0.2, 0.25) is 0 Å². The number of aryl methyl sites for hydroxylation is 1. The summed E-state index contributed by atoms with van der Waals surface area (Å²) in [5.41, 5.74) is 4.22. The summed E-state index contributed by atoms with van der Waals surface area (Å²) in [6.07, 6.45) is 6.35. The number of halogens is 1. The van der Waals surface area contributed by atoms with Gasteiger partial charge in [-0.25, -0.2) is 0 Å². The van der Waals surface area contributed by atoms with Crippen LogP contribution in [-0.2, 0) is 5.41 Å². The van der Waals surface area contributed by atoms with E-state index in [0.29, 0.717) is 0 Å². The third kappa shape index (κ3) is 2.27. The molecule has 1 aliphatic rings. The fourth-order valence-electron chi connectivity index (χ4n) is 3.83. The zero-order chi connectivity index (χ0) is 14.0. The zero-order valence-corrected chi connectivity index (χ0v) is 12.8. The molecule has 0 amide bonds. The molecular weight excluding hydrogens is 264 g/mol. The third-order valence-corrected chi connectivity index (χ3v) is 5.05. The fraction of sp³-hybridized carbons (Fsp3) is 0.368. The van der Waals surface area contributed by atoms with Gasteiger partial charge < -0.3 is 0 Å². The Morgan fingerprint density at radius 1 is 0.850 bits per heavy atom. The van der Waals surface area contributed by atoms with Crippen LogP contribution in [0.3, 0.4) is 0 Å². The van der Waals surface area contributed by atoms with Crippen LogP contribution in [0, 0.1) is 6.92 Å². The first-order chi connectivity index (χ1) is 9.74. The first-order valence-electron chi connectivity index (χ1n) is 7.55. The normalized spacial score (nSPS) is 17.9. The van der Waals surface area contributed by atoms with Gasteiger partial charge in [0.15, 0.2) is 0 Å². The van der Waals surface area contributed by atoms with Gasteiger partial charge in [-0.05, 0) is 42.5 Å². The van der Waals surface area contributed by atoms with Gasteiger partial charge in [-0.3, -0.25) is 0 Å². The van der Waals surface area contributed by atoms with Crippen molar-refractivity contribution in [3.63, 3.8) is 0 Å². The second kappa shape index (κ2) is 5.61. The van der Waals surface area contributed by atoms with E-state index in [1.54, 1.807) is 0 Å². The van der Waals surface area contributed by atoms with Gasteiger partial charge >= 0.3 is 0 Å². The predicted molar refractivity (Wildman–Crippen MR) is 86.5 cm³/mol. The lowest BCUT2D eigenvalue weighted by atomic mass is 9.64. The topological polar surface area (TPSA) is 0 Å². The molecule has 1 heteroatoms. The molecule has 0 atom stereocenters. The number of hydrogen-bond acceptors (Lipinski definition) is 0. The molecule has 20 heavy (non-hydrogen) atoms. The molecule has 0 nitrogen and oxygen atoms in total. The Kier molecular flexibility index (Phi) is 3.85. The van der Waals surface area contributed by atoms with Crippen molar-refractivity contribution < 1.29 is 0 Å². The van der Waals surface area contributed by atoms with E-state index in [4.69, 9.17) is 11.6 Å². The second-order valence-corrected chi connectivity index (χ2v) is 6.35. The summed E-state index contributed by atoms with van der Waals surface area (Å²) in [6.45, 7) is 2.19. The Morgan fingerprint density at radius 3 is 2.20 bits per heavy atom. The summed E-state index contributed by atoms with van der Waals surface area (Å²) in [4.78, 5) is 0. The maximum absolute atomic E-state index is 6.60. The SMILES string of the molecule is Cc1cccc(Cl)c1C1(c2ccccc2)CCCCC1. The van der Waals surface area contributed by atoms with Crippen molar-refractivity contribution in [1.82, 2.24) is 0 Å². The van der Waals surface area contributed by atoms with Gasteiger partial charge in [0.25, 0.3) is 0 Å². The molecule has 0 aromatic heterocycles. The Morgan fingerprint density at radius 2 is 1.55 bits per heavy atom. The van der Waals surface area contributed by atoms with Gasteiger partial charge in [0, 0.05) is 10.4 Å². The van der Waals surface area contributed by atoms with Gasteiger partial charge in [-0.1, -0.05) is 73.3 Å². The van der Waals surface area contributed by atoms with Gasteiger partial charge in [-0.15, -0.1) is 0 Å². The van der Waals surface area contributed by atoms with Crippen molar-refractivity contribution in [3.05, 3.63) is 70.2 Å². The molecule has 2 aromatic rings. The van der Waals surface area contributed by atoms with E-state index in [0.717, 1.165) is 5.02 Å². The minimum Gasteiger partial charge on any atom is -0.0840 e. The van der Waals surface area contributed by atoms with Crippen LogP contribution in [0.5, 0.6) is 0 Å². The zero-order valence-electron chi connectivity index (χ0n) is 12.0. The summed E-state index contributed by atoms with van der Waals surface area (Å²) in [5.74, 6) is 0. The van der Waals surface area contributed by atoms with Crippen LogP contribution in [0.15, 0.2) is 48.5 Å². The van der Waals surface area contributed by atoms with Crippen LogP contribution >= 0.6 is 11.6 Å². The Labute approximate surface area is 126 Å². The molecule has 1 fully saturated rings. The highest BCUT2D eigenvalue weighted by Crippen LogP contribution is 2.48. The minimum absolute atomic E-state index is 0.113. The highest BCUT2D eigenvalue weighted by molar-refractivity contribution is 6.31. The minimum atomic E-state index is 0.113. The standard InChI is InChI=1S/C19H21Cl/c1-15-9-8-12-17(20)18(15)19(13-6-3-7-14-19)16-10-4-2-5-11-16/h2,4-5,8-12H,3,6-7,13-14H2,1H3. The lowest BCUT2D eigenvalue weighted by molar-refractivity contribution is 0.345. The van der Waals surface area contributed by atoms with Crippen molar-refractivity contribution in [2.24, 2.45) is 0 Å². The molecule has 0 radical (unpaired) electrons. The first-order valence-corrected chi connectivity index (χ1v) is 7.93. The van der Waals surface area contributed by atoms with Crippen LogP contribution in [0.25, 0.3) is 0 Å². The number of hydrogen-bond donors (Lipinski definition) is 0. The Balaban J connectivity index is 2.21. The highest BCUT2D eigenvalue weighted by atomic mass is 35.5. The van der Waals surface area contributed by atoms with Gasteiger partial charge in [0.1, 0.15) is 0 Å². The Hall–Kier alpha value is -1.27. The van der Waals surface area contributed by atoms with E-state index in [9.17, 15) is 0 Å². The van der Waals surface area contributed by atoms with E-state index < -0.39 is 0 Å². The van der Waals surface area contributed by atoms with E-state index >= 15 is 0 Å².